The van der Waals surface area contributed by atoms with E-state index in [-0.39, 0.29) is 0 Å². The zero-order valence-electron chi connectivity index (χ0n) is 14.9. The number of aryl methyl sites for hydroxylation is 2. The van der Waals surface area contributed by atoms with Gasteiger partial charge >= 0.3 is 0 Å². The lowest BCUT2D eigenvalue weighted by Gasteiger charge is -2.14. The van der Waals surface area contributed by atoms with Crippen LogP contribution in [0.2, 0.25) is 0 Å². The third kappa shape index (κ3) is 8.24. The van der Waals surface area contributed by atoms with Crippen molar-refractivity contribution in [1.82, 2.24) is 0 Å². The van der Waals surface area contributed by atoms with Crippen molar-refractivity contribution in [2.45, 2.75) is 58.8 Å². The molecule has 0 fully saturated rings. The van der Waals surface area contributed by atoms with Crippen molar-refractivity contribution < 1.29 is 9.47 Å². The highest BCUT2D eigenvalue weighted by molar-refractivity contribution is 5.45. The maximum Gasteiger partial charge on any atom is 0.122 e. The second kappa shape index (κ2) is 12.2. The number of rotatable bonds is 13. The van der Waals surface area contributed by atoms with E-state index in [9.17, 15) is 0 Å². The van der Waals surface area contributed by atoms with Gasteiger partial charge in [0.1, 0.15) is 11.5 Å². The van der Waals surface area contributed by atoms with Crippen LogP contribution in [-0.4, -0.2) is 26.3 Å². The van der Waals surface area contributed by atoms with Crippen LogP contribution in [0, 0.1) is 13.8 Å². The Bertz CT molecular complexity index is 436. The monoisotopic (exact) mass is 322 g/mol. The molecule has 1 aromatic rings. The molecule has 0 aliphatic rings. The Morgan fingerprint density at radius 3 is 1.57 bits per heavy atom. The van der Waals surface area contributed by atoms with E-state index in [1.165, 1.54) is 19.3 Å². The Morgan fingerprint density at radius 2 is 1.04 bits per heavy atom. The lowest BCUT2D eigenvalue weighted by atomic mass is 10.1. The zero-order chi connectivity index (χ0) is 16.9. The van der Waals surface area contributed by atoms with Crippen LogP contribution in [0.15, 0.2) is 12.1 Å². The smallest absolute Gasteiger partial charge is 0.122 e. The average molecular weight is 322 g/mol. The van der Waals surface area contributed by atoms with E-state index in [0.29, 0.717) is 0 Å². The Kier molecular flexibility index (Phi) is 10.5. The van der Waals surface area contributed by atoms with Gasteiger partial charge in [-0.25, -0.2) is 0 Å². The molecule has 0 spiro atoms. The molecule has 4 nitrogen and oxygen atoms in total. The largest absolute Gasteiger partial charge is 0.493 e. The summed E-state index contributed by atoms with van der Waals surface area (Å²) < 4.78 is 11.8. The molecule has 0 aliphatic carbocycles. The topological polar surface area (TPSA) is 70.5 Å². The summed E-state index contributed by atoms with van der Waals surface area (Å²) in [6, 6.07) is 4.16. The number of hydrogen-bond acceptors (Lipinski definition) is 4. The normalized spacial score (nSPS) is 10.8. The van der Waals surface area contributed by atoms with Crippen LogP contribution in [0.3, 0.4) is 0 Å². The van der Waals surface area contributed by atoms with E-state index in [0.717, 1.165) is 74.6 Å². The van der Waals surface area contributed by atoms with Gasteiger partial charge in [-0.05, 0) is 75.9 Å². The summed E-state index contributed by atoms with van der Waals surface area (Å²) in [5.41, 5.74) is 13.2. The van der Waals surface area contributed by atoms with E-state index in [2.05, 4.69) is 26.0 Å². The van der Waals surface area contributed by atoms with Gasteiger partial charge in [0.15, 0.2) is 0 Å². The fourth-order valence-electron chi connectivity index (χ4n) is 2.46. The first-order valence-electron chi connectivity index (χ1n) is 8.96. The molecular formula is C19H34N2O2. The fraction of sp³-hybridized carbons (Fsp3) is 0.684. The Balaban J connectivity index is 2.34. The highest BCUT2D eigenvalue weighted by Gasteiger charge is 2.07. The number of nitrogens with two attached hydrogens (primary N) is 2. The summed E-state index contributed by atoms with van der Waals surface area (Å²) in [6.07, 6.45) is 7.91. The van der Waals surface area contributed by atoms with Crippen LogP contribution in [0.1, 0.15) is 56.1 Å². The maximum atomic E-state index is 5.93. The van der Waals surface area contributed by atoms with Crippen molar-refractivity contribution in [3.63, 3.8) is 0 Å². The molecule has 0 unspecified atom stereocenters. The lowest BCUT2D eigenvalue weighted by molar-refractivity contribution is 0.294. The first kappa shape index (κ1) is 19.8. The van der Waals surface area contributed by atoms with Crippen molar-refractivity contribution in [3.05, 3.63) is 23.3 Å². The molecule has 0 bridgehead atoms. The van der Waals surface area contributed by atoms with Crippen LogP contribution in [0.4, 0.5) is 0 Å². The molecule has 0 radical (unpaired) electrons. The number of unbranched alkanes of at least 4 members (excludes halogenated alkanes) is 5. The molecule has 4 N–H and O–H groups in total. The molecule has 0 aromatic heterocycles. The Morgan fingerprint density at radius 1 is 0.652 bits per heavy atom. The number of ether oxygens (including phenoxy) is 2. The summed E-state index contributed by atoms with van der Waals surface area (Å²) in [6.45, 7) is 7.16. The average Bonchev–Trinajstić information content (AvgIpc) is 2.54. The summed E-state index contributed by atoms with van der Waals surface area (Å²) in [7, 11) is 0. The van der Waals surface area contributed by atoms with Crippen LogP contribution in [-0.2, 0) is 0 Å². The molecule has 23 heavy (non-hydrogen) atoms. The molecule has 0 heterocycles. The summed E-state index contributed by atoms with van der Waals surface area (Å²) >= 11 is 0. The summed E-state index contributed by atoms with van der Waals surface area (Å²) in [5.74, 6) is 1.92. The molecule has 1 rings (SSSR count). The van der Waals surface area contributed by atoms with E-state index in [4.69, 9.17) is 20.9 Å². The van der Waals surface area contributed by atoms with Crippen molar-refractivity contribution >= 4 is 0 Å². The fourth-order valence-corrected chi connectivity index (χ4v) is 2.46. The van der Waals surface area contributed by atoms with Gasteiger partial charge in [-0.2, -0.15) is 0 Å². The standard InChI is InChI=1S/C19H34N2O2/c1-16-15-19(23-13-9-7-11-21)17(2)14-18(16)22-12-8-5-3-4-6-10-20/h14-15H,3-13,20-21H2,1-2H3. The zero-order valence-corrected chi connectivity index (χ0v) is 14.9. The number of hydrogen-bond donors (Lipinski definition) is 2. The summed E-state index contributed by atoms with van der Waals surface area (Å²) in [5, 5.41) is 0. The quantitative estimate of drug-likeness (QED) is 0.543. The van der Waals surface area contributed by atoms with Crippen LogP contribution >= 0.6 is 0 Å². The minimum Gasteiger partial charge on any atom is -0.493 e. The minimum absolute atomic E-state index is 0.723. The molecule has 0 atom stereocenters. The van der Waals surface area contributed by atoms with Gasteiger partial charge in [-0.3, -0.25) is 0 Å². The van der Waals surface area contributed by atoms with Crippen molar-refractivity contribution in [1.29, 1.82) is 0 Å². The van der Waals surface area contributed by atoms with Gasteiger partial charge in [0, 0.05) is 0 Å². The molecule has 0 saturated carbocycles. The minimum atomic E-state index is 0.723. The molecule has 1 aromatic carbocycles. The van der Waals surface area contributed by atoms with Gasteiger partial charge in [-0.15, -0.1) is 0 Å². The summed E-state index contributed by atoms with van der Waals surface area (Å²) in [4.78, 5) is 0. The van der Waals surface area contributed by atoms with Crippen molar-refractivity contribution in [2.24, 2.45) is 11.5 Å². The molecule has 0 saturated heterocycles. The van der Waals surface area contributed by atoms with E-state index >= 15 is 0 Å². The van der Waals surface area contributed by atoms with Crippen LogP contribution in [0.25, 0.3) is 0 Å². The highest BCUT2D eigenvalue weighted by atomic mass is 16.5. The van der Waals surface area contributed by atoms with Gasteiger partial charge in [0.05, 0.1) is 13.2 Å². The molecule has 0 amide bonds. The third-order valence-electron chi connectivity index (χ3n) is 3.93. The van der Waals surface area contributed by atoms with E-state index in [1.54, 1.807) is 0 Å². The van der Waals surface area contributed by atoms with E-state index in [1.807, 2.05) is 0 Å². The number of benzene rings is 1. The predicted molar refractivity (Wildman–Crippen MR) is 97.3 cm³/mol. The van der Waals surface area contributed by atoms with Gasteiger partial charge in [0.2, 0.25) is 0 Å². The van der Waals surface area contributed by atoms with Gasteiger partial charge < -0.3 is 20.9 Å². The second-order valence-corrected chi connectivity index (χ2v) is 6.13. The van der Waals surface area contributed by atoms with E-state index < -0.39 is 0 Å². The molecule has 4 heteroatoms. The maximum absolute atomic E-state index is 5.93. The lowest BCUT2D eigenvalue weighted by Crippen LogP contribution is -2.05. The molecule has 0 aliphatic heterocycles. The first-order valence-corrected chi connectivity index (χ1v) is 8.96. The molecular weight excluding hydrogens is 288 g/mol. The second-order valence-electron chi connectivity index (χ2n) is 6.13. The van der Waals surface area contributed by atoms with Crippen molar-refractivity contribution in [2.75, 3.05) is 26.3 Å². The first-order chi connectivity index (χ1) is 11.2. The Labute approximate surface area is 141 Å². The SMILES string of the molecule is Cc1cc(OCCCCCCCN)c(C)cc1OCCCCN. The predicted octanol–water partition coefficient (Wildman–Crippen LogP) is 3.71. The van der Waals surface area contributed by atoms with Crippen LogP contribution in [0.5, 0.6) is 11.5 Å². The van der Waals surface area contributed by atoms with Gasteiger partial charge in [0.25, 0.3) is 0 Å². The van der Waals surface area contributed by atoms with Gasteiger partial charge in [-0.1, -0.05) is 19.3 Å². The van der Waals surface area contributed by atoms with Crippen molar-refractivity contribution in [3.8, 4) is 11.5 Å². The third-order valence-corrected chi connectivity index (χ3v) is 3.93. The van der Waals surface area contributed by atoms with Crippen LogP contribution < -0.4 is 20.9 Å². The Hall–Kier alpha value is -1.26. The molecule has 132 valence electrons. The highest BCUT2D eigenvalue weighted by Crippen LogP contribution is 2.28.